The van der Waals surface area contributed by atoms with Crippen molar-refractivity contribution in [3.05, 3.63) is 95.6 Å². The smallest absolute Gasteiger partial charge is 0.174 e. The van der Waals surface area contributed by atoms with Crippen LogP contribution in [0.2, 0.25) is 0 Å². The van der Waals surface area contributed by atoms with Crippen LogP contribution in [0.4, 0.5) is 0 Å². The first-order chi connectivity index (χ1) is 11.8. The maximum absolute atomic E-state index is 9.21. The molecule has 0 saturated carbocycles. The molecule has 0 amide bonds. The lowest BCUT2D eigenvalue weighted by atomic mass is 10.1. The highest BCUT2D eigenvalue weighted by Gasteiger charge is 2.07. The van der Waals surface area contributed by atoms with Gasteiger partial charge in [-0.2, -0.15) is 0 Å². The van der Waals surface area contributed by atoms with Crippen LogP contribution in [0.5, 0.6) is 0 Å². The number of pyridine rings is 2. The van der Waals surface area contributed by atoms with Gasteiger partial charge in [0.2, 0.25) is 0 Å². The van der Waals surface area contributed by atoms with Gasteiger partial charge >= 0.3 is 0 Å². The molecule has 0 aliphatic heterocycles. The van der Waals surface area contributed by atoms with E-state index >= 15 is 0 Å². The number of aliphatic hydroxyl groups is 2. The molecule has 0 aliphatic rings. The summed E-state index contributed by atoms with van der Waals surface area (Å²) in [6.45, 7) is 1.68. The van der Waals surface area contributed by atoms with Gasteiger partial charge in [-0.1, -0.05) is 24.3 Å². The molecule has 2 aromatic heterocycles. The molecule has 0 radical (unpaired) electrons. The second kappa shape index (κ2) is 14.0. The molecule has 0 spiro atoms. The molecule has 3 rings (SSSR count). The van der Waals surface area contributed by atoms with Gasteiger partial charge in [-0.3, -0.25) is 0 Å². The number of benzene rings is 1. The third-order valence-corrected chi connectivity index (χ3v) is 3.96. The first-order valence-corrected chi connectivity index (χ1v) is 8.02. The van der Waals surface area contributed by atoms with Crippen LogP contribution in [-0.4, -0.2) is 21.2 Å². The van der Waals surface area contributed by atoms with Gasteiger partial charge < -0.3 is 46.0 Å². The van der Waals surface area contributed by atoms with Crippen molar-refractivity contribution >= 4 is 0 Å². The van der Waals surface area contributed by atoms with Crippen molar-refractivity contribution < 1.29 is 55.1 Å². The Hall–Kier alpha value is -2.06. The van der Waals surface area contributed by atoms with Gasteiger partial charge in [-0.25, -0.2) is 9.13 Å². The molecule has 6 nitrogen and oxygen atoms in total. The van der Waals surface area contributed by atoms with Crippen molar-refractivity contribution in [2.24, 2.45) is 0 Å². The zero-order chi connectivity index (χ0) is 16.8. The Morgan fingerprint density at radius 1 is 0.571 bits per heavy atom. The maximum atomic E-state index is 9.21. The fourth-order valence-electron chi connectivity index (χ4n) is 2.71. The normalized spacial score (nSPS) is 9.21. The monoisotopic (exact) mass is 428 g/mol. The Bertz CT molecular complexity index is 749. The second-order valence-electron chi connectivity index (χ2n) is 5.90. The largest absolute Gasteiger partial charge is 1.00 e. The number of aromatic nitrogens is 2. The van der Waals surface area contributed by atoms with E-state index in [9.17, 15) is 10.2 Å². The average molecular weight is 429 g/mol. The van der Waals surface area contributed by atoms with E-state index in [-0.39, 0.29) is 49.0 Å². The zero-order valence-corrected chi connectivity index (χ0v) is 16.8. The van der Waals surface area contributed by atoms with Gasteiger partial charge in [0.15, 0.2) is 37.9 Å². The fourth-order valence-corrected chi connectivity index (χ4v) is 2.71. The summed E-state index contributed by atoms with van der Waals surface area (Å²) in [7, 11) is 0. The molecule has 0 atom stereocenters. The Labute approximate surface area is 177 Å². The fraction of sp³-hybridized carbons (Fsp3) is 0.200. The first kappa shape index (κ1) is 28.2. The average Bonchev–Trinajstić information content (AvgIpc) is 2.64. The number of aliphatic hydroxyl groups excluding tert-OH is 2. The molecule has 2 heterocycles. The summed E-state index contributed by atoms with van der Waals surface area (Å²) in [5, 5.41) is 18.4. The lowest BCUT2D eigenvalue weighted by Crippen LogP contribution is -3.00. The molecule has 6 N–H and O–H groups in total. The van der Waals surface area contributed by atoms with Crippen molar-refractivity contribution in [1.29, 1.82) is 0 Å². The predicted molar refractivity (Wildman–Crippen MR) is 97.0 cm³/mol. The van der Waals surface area contributed by atoms with Crippen LogP contribution in [0, 0.1) is 0 Å². The highest BCUT2D eigenvalue weighted by atomic mass is 35.5. The second-order valence-corrected chi connectivity index (χ2v) is 5.90. The highest BCUT2D eigenvalue weighted by Crippen LogP contribution is 2.05. The van der Waals surface area contributed by atoms with E-state index in [1.807, 2.05) is 49.1 Å². The number of nitrogens with zero attached hydrogens (tertiary/aromatic N) is 2. The molecule has 28 heavy (non-hydrogen) atoms. The Balaban J connectivity index is 0. The van der Waals surface area contributed by atoms with Crippen molar-refractivity contribution in [2.75, 3.05) is 0 Å². The molecule has 0 unspecified atom stereocenters. The van der Waals surface area contributed by atoms with Crippen molar-refractivity contribution in [3.8, 4) is 0 Å². The van der Waals surface area contributed by atoms with E-state index in [2.05, 4.69) is 33.4 Å². The van der Waals surface area contributed by atoms with Crippen LogP contribution in [0.15, 0.2) is 73.3 Å². The summed E-state index contributed by atoms with van der Waals surface area (Å²) < 4.78 is 4.14. The minimum Gasteiger partial charge on any atom is -1.00 e. The SMILES string of the molecule is O.O.OCc1ccc[n+](Cc2ccc(C[n+]3cccc(CO)c3)cc2)c1.[Cl-].[Cl-]. The van der Waals surface area contributed by atoms with Crippen LogP contribution in [0.1, 0.15) is 22.3 Å². The molecule has 0 fully saturated rings. The summed E-state index contributed by atoms with van der Waals surface area (Å²) in [5.41, 5.74) is 4.25. The van der Waals surface area contributed by atoms with E-state index in [1.165, 1.54) is 11.1 Å². The third kappa shape index (κ3) is 7.90. The van der Waals surface area contributed by atoms with E-state index in [0.717, 1.165) is 24.2 Å². The molecular formula is C20H26Cl2N2O4. The minimum atomic E-state index is 0. The van der Waals surface area contributed by atoms with Crippen molar-refractivity contribution in [2.45, 2.75) is 26.3 Å². The van der Waals surface area contributed by atoms with Gasteiger partial charge in [0, 0.05) is 34.4 Å². The molecule has 8 heteroatoms. The molecule has 0 saturated heterocycles. The van der Waals surface area contributed by atoms with Gasteiger partial charge in [-0.15, -0.1) is 0 Å². The zero-order valence-electron chi connectivity index (χ0n) is 15.3. The molecular weight excluding hydrogens is 403 g/mol. The van der Waals surface area contributed by atoms with E-state index in [0.29, 0.717) is 0 Å². The van der Waals surface area contributed by atoms with Gasteiger partial charge in [0.1, 0.15) is 0 Å². The summed E-state index contributed by atoms with van der Waals surface area (Å²) in [6, 6.07) is 16.2. The van der Waals surface area contributed by atoms with E-state index in [1.54, 1.807) is 0 Å². The quantitative estimate of drug-likeness (QED) is 0.380. The summed E-state index contributed by atoms with van der Waals surface area (Å²) >= 11 is 0. The lowest BCUT2D eigenvalue weighted by Gasteiger charge is -2.02. The molecule has 3 aromatic rings. The minimum absolute atomic E-state index is 0. The van der Waals surface area contributed by atoms with Crippen LogP contribution in [0.3, 0.4) is 0 Å². The molecule has 0 bridgehead atoms. The number of hydrogen-bond acceptors (Lipinski definition) is 2. The van der Waals surface area contributed by atoms with Crippen LogP contribution < -0.4 is 33.9 Å². The van der Waals surface area contributed by atoms with Crippen LogP contribution in [-0.2, 0) is 26.3 Å². The lowest BCUT2D eigenvalue weighted by molar-refractivity contribution is -0.689. The maximum Gasteiger partial charge on any atom is 0.174 e. The number of rotatable bonds is 6. The van der Waals surface area contributed by atoms with Crippen molar-refractivity contribution in [3.63, 3.8) is 0 Å². The standard InChI is InChI=1S/C20H22N2O2.2ClH.2H2O/c23-15-19-3-1-9-21(13-19)11-17-5-7-18(8-6-17)12-22-10-2-4-20(14-22)16-24;;;;/h1-10,13-14,23-24H,11-12,15-16H2;2*1H;2*1H2/q+2;;;;/p-2. The molecule has 1 aromatic carbocycles. The van der Waals surface area contributed by atoms with Crippen molar-refractivity contribution in [1.82, 2.24) is 0 Å². The van der Waals surface area contributed by atoms with Gasteiger partial charge in [0.25, 0.3) is 0 Å². The summed E-state index contributed by atoms with van der Waals surface area (Å²) in [5.74, 6) is 0. The topological polar surface area (TPSA) is 111 Å². The first-order valence-electron chi connectivity index (χ1n) is 8.02. The van der Waals surface area contributed by atoms with E-state index in [4.69, 9.17) is 0 Å². The third-order valence-electron chi connectivity index (χ3n) is 3.96. The van der Waals surface area contributed by atoms with Gasteiger partial charge in [-0.05, 0) is 12.1 Å². The van der Waals surface area contributed by atoms with Gasteiger partial charge in [0.05, 0.1) is 13.2 Å². The summed E-state index contributed by atoms with van der Waals surface area (Å²) in [6.07, 6.45) is 7.93. The predicted octanol–water partition coefficient (Wildman–Crippen LogP) is -6.30. The summed E-state index contributed by atoms with van der Waals surface area (Å²) in [4.78, 5) is 0. The van der Waals surface area contributed by atoms with Crippen LogP contribution >= 0.6 is 0 Å². The molecule has 0 aliphatic carbocycles. The molecule has 154 valence electrons. The Kier molecular flexibility index (Phi) is 14.1. The Morgan fingerprint density at radius 2 is 0.929 bits per heavy atom. The van der Waals surface area contributed by atoms with Crippen LogP contribution in [0.25, 0.3) is 0 Å². The highest BCUT2D eigenvalue weighted by molar-refractivity contribution is 5.21. The number of hydrogen-bond donors (Lipinski definition) is 2. The number of halogens is 2. The Morgan fingerprint density at radius 3 is 1.25 bits per heavy atom. The van der Waals surface area contributed by atoms with E-state index < -0.39 is 0 Å².